The first kappa shape index (κ1) is 20.5. The van der Waals surface area contributed by atoms with Crippen LogP contribution in [0, 0.1) is 6.92 Å². The second-order valence-corrected chi connectivity index (χ2v) is 7.50. The fourth-order valence-electron chi connectivity index (χ4n) is 3.35. The molecule has 31 heavy (non-hydrogen) atoms. The minimum atomic E-state index is -0.336. The van der Waals surface area contributed by atoms with Gasteiger partial charge in [0.1, 0.15) is 12.1 Å². The number of imidazole rings is 1. The molecule has 0 radical (unpaired) electrons. The Morgan fingerprint density at radius 3 is 2.45 bits per heavy atom. The molecule has 1 amide bonds. The first-order chi connectivity index (χ1) is 14.9. The number of aromatic nitrogens is 2. The molecule has 0 aliphatic heterocycles. The number of carbonyl (C=O) groups excluding carboxylic acids is 2. The quantitative estimate of drug-likeness (QED) is 0.569. The van der Waals surface area contributed by atoms with Crippen LogP contribution in [0.25, 0.3) is 5.69 Å². The maximum atomic E-state index is 13.1. The molecule has 1 aromatic heterocycles. The van der Waals surface area contributed by atoms with E-state index >= 15 is 0 Å². The van der Waals surface area contributed by atoms with Crippen LogP contribution in [0.1, 0.15) is 44.8 Å². The number of benzene rings is 2. The average Bonchev–Trinajstić information content (AvgIpc) is 3.52. The second kappa shape index (κ2) is 8.14. The molecule has 3 N–H and O–H groups in total. The number of ketones is 1. The van der Waals surface area contributed by atoms with Gasteiger partial charge in [-0.3, -0.25) is 14.2 Å². The van der Waals surface area contributed by atoms with Crippen molar-refractivity contribution in [3.05, 3.63) is 65.1 Å². The fourth-order valence-corrected chi connectivity index (χ4v) is 3.35. The van der Waals surface area contributed by atoms with Gasteiger partial charge in [0.05, 0.1) is 19.9 Å². The Labute approximate surface area is 180 Å². The van der Waals surface area contributed by atoms with Crippen molar-refractivity contribution in [1.82, 2.24) is 14.9 Å². The number of hydrogen-bond acceptors (Lipinski definition) is 6. The molecule has 1 aliphatic carbocycles. The molecule has 0 unspecified atom stereocenters. The predicted molar refractivity (Wildman–Crippen MR) is 116 cm³/mol. The van der Waals surface area contributed by atoms with Gasteiger partial charge in [0, 0.05) is 17.2 Å². The van der Waals surface area contributed by atoms with Crippen molar-refractivity contribution in [2.45, 2.75) is 25.8 Å². The number of hydrogen-bond donors (Lipinski definition) is 2. The van der Waals surface area contributed by atoms with E-state index in [0.29, 0.717) is 28.3 Å². The SMILES string of the molecule is COc1ccc(C(=O)c2ncn(-c3cc(C(=O)NC4CC4)ccc3C)c2N)cc1OC. The third kappa shape index (κ3) is 3.96. The van der Waals surface area contributed by atoms with Crippen molar-refractivity contribution in [3.63, 3.8) is 0 Å². The molecule has 3 aromatic rings. The molecule has 0 atom stereocenters. The van der Waals surface area contributed by atoms with Gasteiger partial charge in [-0.25, -0.2) is 4.98 Å². The minimum absolute atomic E-state index is 0.121. The van der Waals surface area contributed by atoms with Crippen molar-refractivity contribution in [3.8, 4) is 17.2 Å². The summed E-state index contributed by atoms with van der Waals surface area (Å²) in [5.74, 6) is 0.704. The van der Waals surface area contributed by atoms with Crippen molar-refractivity contribution in [2.75, 3.05) is 20.0 Å². The number of anilines is 1. The normalized spacial score (nSPS) is 13.0. The molecule has 160 valence electrons. The summed E-state index contributed by atoms with van der Waals surface area (Å²) in [5, 5.41) is 2.98. The Bertz CT molecular complexity index is 1160. The van der Waals surface area contributed by atoms with Gasteiger partial charge in [-0.2, -0.15) is 0 Å². The number of aryl methyl sites for hydroxylation is 1. The number of amides is 1. The molecule has 8 nitrogen and oxygen atoms in total. The second-order valence-electron chi connectivity index (χ2n) is 7.50. The van der Waals surface area contributed by atoms with E-state index in [1.165, 1.54) is 20.5 Å². The highest BCUT2D eigenvalue weighted by atomic mass is 16.5. The molecule has 1 fully saturated rings. The van der Waals surface area contributed by atoms with Crippen LogP contribution < -0.4 is 20.5 Å². The van der Waals surface area contributed by atoms with Gasteiger partial charge in [0.2, 0.25) is 5.78 Å². The maximum absolute atomic E-state index is 13.1. The van der Waals surface area contributed by atoms with Crippen LogP contribution in [0.2, 0.25) is 0 Å². The highest BCUT2D eigenvalue weighted by Crippen LogP contribution is 2.30. The number of ether oxygens (including phenoxy) is 2. The molecular formula is C23H24N4O4. The Morgan fingerprint density at radius 1 is 1.06 bits per heavy atom. The first-order valence-electron chi connectivity index (χ1n) is 9.94. The van der Waals surface area contributed by atoms with Crippen LogP contribution in [0.15, 0.2) is 42.7 Å². The monoisotopic (exact) mass is 420 g/mol. The summed E-state index contributed by atoms with van der Waals surface area (Å²) in [7, 11) is 3.03. The lowest BCUT2D eigenvalue weighted by Crippen LogP contribution is -2.25. The van der Waals surface area contributed by atoms with E-state index in [4.69, 9.17) is 15.2 Å². The Hall–Kier alpha value is -3.81. The molecule has 1 saturated carbocycles. The van der Waals surface area contributed by atoms with E-state index in [0.717, 1.165) is 18.4 Å². The fraction of sp³-hybridized carbons (Fsp3) is 0.261. The highest BCUT2D eigenvalue weighted by molar-refractivity contribution is 6.10. The number of nitrogens with two attached hydrogens (primary N) is 1. The van der Waals surface area contributed by atoms with Crippen molar-refractivity contribution in [1.29, 1.82) is 0 Å². The zero-order chi connectivity index (χ0) is 22.1. The van der Waals surface area contributed by atoms with E-state index in [1.807, 2.05) is 13.0 Å². The summed E-state index contributed by atoms with van der Waals surface area (Å²) >= 11 is 0. The number of nitrogen functional groups attached to an aromatic ring is 1. The number of rotatable bonds is 7. The van der Waals surface area contributed by atoms with Gasteiger partial charge < -0.3 is 20.5 Å². The van der Waals surface area contributed by atoms with Crippen LogP contribution in [-0.4, -0.2) is 41.5 Å². The lowest BCUT2D eigenvalue weighted by molar-refractivity contribution is 0.0950. The third-order valence-electron chi connectivity index (χ3n) is 5.31. The summed E-state index contributed by atoms with van der Waals surface area (Å²) in [5.41, 5.74) is 8.94. The summed E-state index contributed by atoms with van der Waals surface area (Å²) in [6.07, 6.45) is 3.52. The van der Waals surface area contributed by atoms with Gasteiger partial charge in [-0.1, -0.05) is 6.07 Å². The molecule has 4 rings (SSSR count). The van der Waals surface area contributed by atoms with Crippen LogP contribution in [0.4, 0.5) is 5.82 Å². The van der Waals surface area contributed by atoms with Crippen LogP contribution >= 0.6 is 0 Å². The number of nitrogens with zero attached hydrogens (tertiary/aromatic N) is 2. The summed E-state index contributed by atoms with van der Waals surface area (Å²) < 4.78 is 12.1. The lowest BCUT2D eigenvalue weighted by atomic mass is 10.1. The lowest BCUT2D eigenvalue weighted by Gasteiger charge is -2.12. The van der Waals surface area contributed by atoms with Crippen LogP contribution in [0.3, 0.4) is 0 Å². The van der Waals surface area contributed by atoms with Gasteiger partial charge >= 0.3 is 0 Å². The molecule has 0 bridgehead atoms. The molecule has 1 aliphatic rings. The molecule has 2 aromatic carbocycles. The van der Waals surface area contributed by atoms with Gasteiger partial charge in [-0.15, -0.1) is 0 Å². The zero-order valence-electron chi connectivity index (χ0n) is 17.6. The van der Waals surface area contributed by atoms with E-state index in [-0.39, 0.29) is 29.2 Å². The van der Waals surface area contributed by atoms with Gasteiger partial charge in [-0.05, 0) is 55.7 Å². The molecule has 1 heterocycles. The van der Waals surface area contributed by atoms with E-state index < -0.39 is 0 Å². The van der Waals surface area contributed by atoms with Gasteiger partial charge in [0.25, 0.3) is 5.91 Å². The largest absolute Gasteiger partial charge is 0.493 e. The Morgan fingerprint density at radius 2 is 1.77 bits per heavy atom. The molecule has 0 saturated heterocycles. The summed E-state index contributed by atoms with van der Waals surface area (Å²) in [6, 6.07) is 10.5. The van der Waals surface area contributed by atoms with E-state index in [9.17, 15) is 9.59 Å². The molecule has 8 heteroatoms. The maximum Gasteiger partial charge on any atom is 0.251 e. The summed E-state index contributed by atoms with van der Waals surface area (Å²) in [4.78, 5) is 29.8. The van der Waals surface area contributed by atoms with Crippen LogP contribution in [0.5, 0.6) is 11.5 Å². The van der Waals surface area contributed by atoms with E-state index in [1.54, 1.807) is 34.9 Å². The third-order valence-corrected chi connectivity index (χ3v) is 5.31. The van der Waals surface area contributed by atoms with Crippen molar-refractivity contribution >= 4 is 17.5 Å². The topological polar surface area (TPSA) is 108 Å². The number of carbonyl (C=O) groups is 2. The summed E-state index contributed by atoms with van der Waals surface area (Å²) in [6.45, 7) is 1.91. The Balaban J connectivity index is 1.67. The highest BCUT2D eigenvalue weighted by Gasteiger charge is 2.25. The zero-order valence-corrected chi connectivity index (χ0v) is 17.6. The van der Waals surface area contributed by atoms with Crippen LogP contribution in [-0.2, 0) is 0 Å². The predicted octanol–water partition coefficient (Wildman–Crippen LogP) is 2.90. The van der Waals surface area contributed by atoms with E-state index in [2.05, 4.69) is 10.3 Å². The van der Waals surface area contributed by atoms with Crippen molar-refractivity contribution < 1.29 is 19.1 Å². The first-order valence-corrected chi connectivity index (χ1v) is 9.94. The molecule has 0 spiro atoms. The Kier molecular flexibility index (Phi) is 5.37. The number of nitrogens with one attached hydrogen (secondary N) is 1. The minimum Gasteiger partial charge on any atom is -0.493 e. The number of methoxy groups -OCH3 is 2. The van der Waals surface area contributed by atoms with Gasteiger partial charge in [0.15, 0.2) is 17.2 Å². The standard InChI is InChI=1S/C23H24N4O4/c1-13-4-5-15(23(29)26-16-7-8-16)10-17(13)27-12-25-20(22(27)24)21(28)14-6-9-18(30-2)19(11-14)31-3/h4-6,9-12,16H,7-8,24H2,1-3H3,(H,26,29). The van der Waals surface area contributed by atoms with Crippen molar-refractivity contribution in [2.24, 2.45) is 0 Å². The average molecular weight is 420 g/mol. The molecular weight excluding hydrogens is 396 g/mol. The smallest absolute Gasteiger partial charge is 0.251 e.